The first-order valence-electron chi connectivity index (χ1n) is 9.61. The fourth-order valence-electron chi connectivity index (χ4n) is 4.30. The van der Waals surface area contributed by atoms with E-state index < -0.39 is 0 Å². The standard InChI is InChI=1S/C18H30ClN3O2/c19-22-8-6-16(7-9-22)18(24)21-12-10-20(11-13-21)17(23)14-15-4-2-1-3-5-15/h15-16H,1-14H2. The maximum atomic E-state index is 12.6. The highest BCUT2D eigenvalue weighted by Gasteiger charge is 2.31. The summed E-state index contributed by atoms with van der Waals surface area (Å²) in [6, 6.07) is 0. The smallest absolute Gasteiger partial charge is 0.225 e. The minimum atomic E-state index is 0.115. The van der Waals surface area contributed by atoms with Gasteiger partial charge in [0, 0.05) is 51.6 Å². The Morgan fingerprint density at radius 3 is 2.00 bits per heavy atom. The van der Waals surface area contributed by atoms with Gasteiger partial charge >= 0.3 is 0 Å². The quantitative estimate of drug-likeness (QED) is 0.730. The molecule has 0 atom stereocenters. The summed E-state index contributed by atoms with van der Waals surface area (Å²) in [6.45, 7) is 4.36. The zero-order chi connectivity index (χ0) is 16.9. The third-order valence-corrected chi connectivity index (χ3v) is 6.26. The number of piperazine rings is 1. The van der Waals surface area contributed by atoms with Crippen LogP contribution in [0.25, 0.3) is 0 Å². The van der Waals surface area contributed by atoms with Gasteiger partial charge in [-0.1, -0.05) is 19.3 Å². The first-order valence-corrected chi connectivity index (χ1v) is 9.94. The van der Waals surface area contributed by atoms with Gasteiger partial charge in [-0.25, -0.2) is 4.42 Å². The Morgan fingerprint density at radius 2 is 1.38 bits per heavy atom. The molecule has 0 aromatic rings. The van der Waals surface area contributed by atoms with Gasteiger partial charge < -0.3 is 9.80 Å². The second kappa shape index (κ2) is 8.52. The second-order valence-electron chi connectivity index (χ2n) is 7.60. The first kappa shape index (κ1) is 18.0. The Bertz CT molecular complexity index is 438. The molecule has 0 aromatic carbocycles. The molecule has 6 heteroatoms. The zero-order valence-electron chi connectivity index (χ0n) is 14.6. The molecule has 1 aliphatic carbocycles. The molecule has 2 heterocycles. The van der Waals surface area contributed by atoms with Crippen molar-refractivity contribution in [2.75, 3.05) is 39.3 Å². The Labute approximate surface area is 150 Å². The van der Waals surface area contributed by atoms with Crippen molar-refractivity contribution in [2.24, 2.45) is 11.8 Å². The molecule has 5 nitrogen and oxygen atoms in total. The number of nitrogens with zero attached hydrogens (tertiary/aromatic N) is 3. The number of carbonyl (C=O) groups is 2. The molecule has 0 aromatic heterocycles. The normalized spacial score (nSPS) is 25.0. The first-order chi connectivity index (χ1) is 11.6. The van der Waals surface area contributed by atoms with Crippen molar-refractivity contribution in [1.82, 2.24) is 14.2 Å². The molecular formula is C18H30ClN3O2. The lowest BCUT2D eigenvalue weighted by molar-refractivity contribution is -0.143. The Kier molecular flexibility index (Phi) is 6.39. The summed E-state index contributed by atoms with van der Waals surface area (Å²) in [5.74, 6) is 1.26. The van der Waals surface area contributed by atoms with E-state index in [-0.39, 0.29) is 11.8 Å². The fraction of sp³-hybridized carbons (Fsp3) is 0.889. The summed E-state index contributed by atoms with van der Waals surface area (Å²) in [5.41, 5.74) is 0. The van der Waals surface area contributed by atoms with E-state index in [4.69, 9.17) is 11.8 Å². The van der Waals surface area contributed by atoms with Crippen LogP contribution in [-0.2, 0) is 9.59 Å². The van der Waals surface area contributed by atoms with Crippen LogP contribution in [0, 0.1) is 11.8 Å². The maximum absolute atomic E-state index is 12.6. The van der Waals surface area contributed by atoms with Crippen LogP contribution in [0.4, 0.5) is 0 Å². The van der Waals surface area contributed by atoms with Gasteiger partial charge in [0.1, 0.15) is 0 Å². The van der Waals surface area contributed by atoms with Gasteiger partial charge in [0.05, 0.1) is 0 Å². The third kappa shape index (κ3) is 4.63. The van der Waals surface area contributed by atoms with E-state index in [0.29, 0.717) is 44.4 Å². The number of hydrogen-bond donors (Lipinski definition) is 0. The molecule has 2 amide bonds. The van der Waals surface area contributed by atoms with Gasteiger partial charge in [0.2, 0.25) is 11.8 Å². The monoisotopic (exact) mass is 355 g/mol. The summed E-state index contributed by atoms with van der Waals surface area (Å²) in [5, 5.41) is 0. The molecule has 2 aliphatic heterocycles. The van der Waals surface area contributed by atoms with Crippen LogP contribution in [0.3, 0.4) is 0 Å². The highest BCUT2D eigenvalue weighted by Crippen LogP contribution is 2.27. The number of piperidine rings is 1. The molecule has 3 fully saturated rings. The minimum Gasteiger partial charge on any atom is -0.339 e. The van der Waals surface area contributed by atoms with Gasteiger partial charge in [0.15, 0.2) is 0 Å². The van der Waals surface area contributed by atoms with E-state index >= 15 is 0 Å². The molecule has 0 bridgehead atoms. The van der Waals surface area contributed by atoms with Crippen molar-refractivity contribution in [2.45, 2.75) is 51.4 Å². The number of amides is 2. The van der Waals surface area contributed by atoms with E-state index in [2.05, 4.69) is 0 Å². The van der Waals surface area contributed by atoms with Crippen molar-refractivity contribution >= 4 is 23.6 Å². The molecule has 0 unspecified atom stereocenters. The van der Waals surface area contributed by atoms with Crippen molar-refractivity contribution in [3.63, 3.8) is 0 Å². The van der Waals surface area contributed by atoms with Crippen LogP contribution in [0.5, 0.6) is 0 Å². The highest BCUT2D eigenvalue weighted by atomic mass is 35.5. The number of rotatable bonds is 3. The largest absolute Gasteiger partial charge is 0.339 e. The number of halogens is 1. The summed E-state index contributed by atoms with van der Waals surface area (Å²) in [7, 11) is 0. The molecule has 0 N–H and O–H groups in total. The summed E-state index contributed by atoms with van der Waals surface area (Å²) < 4.78 is 1.77. The highest BCUT2D eigenvalue weighted by molar-refractivity contribution is 6.13. The zero-order valence-corrected chi connectivity index (χ0v) is 15.3. The summed E-state index contributed by atoms with van der Waals surface area (Å²) in [4.78, 5) is 29.0. The Hall–Kier alpha value is -0.810. The van der Waals surface area contributed by atoms with Crippen LogP contribution in [0.1, 0.15) is 51.4 Å². The van der Waals surface area contributed by atoms with Crippen molar-refractivity contribution in [3.05, 3.63) is 0 Å². The average molecular weight is 356 g/mol. The van der Waals surface area contributed by atoms with Crippen LogP contribution in [0.15, 0.2) is 0 Å². The second-order valence-corrected chi connectivity index (χ2v) is 8.08. The van der Waals surface area contributed by atoms with Crippen molar-refractivity contribution < 1.29 is 9.59 Å². The summed E-state index contributed by atoms with van der Waals surface area (Å²) in [6.07, 6.45) is 8.72. The SMILES string of the molecule is O=C(CC1CCCCC1)N1CCN(C(=O)C2CCN(Cl)CC2)CC1. The Balaban J connectivity index is 1.41. The number of carbonyl (C=O) groups excluding carboxylic acids is 2. The lowest BCUT2D eigenvalue weighted by Crippen LogP contribution is -2.52. The summed E-state index contributed by atoms with van der Waals surface area (Å²) >= 11 is 5.97. The predicted octanol–water partition coefficient (Wildman–Crippen LogP) is 2.49. The van der Waals surface area contributed by atoms with E-state index in [9.17, 15) is 9.59 Å². The molecule has 3 aliphatic rings. The molecule has 3 rings (SSSR count). The molecule has 0 spiro atoms. The van der Waals surface area contributed by atoms with Crippen molar-refractivity contribution in [3.8, 4) is 0 Å². The van der Waals surface area contributed by atoms with Gasteiger partial charge in [0.25, 0.3) is 0 Å². The van der Waals surface area contributed by atoms with Gasteiger partial charge in [-0.05, 0) is 43.4 Å². The molecule has 0 radical (unpaired) electrons. The molecule has 24 heavy (non-hydrogen) atoms. The molecule has 1 saturated carbocycles. The van der Waals surface area contributed by atoms with E-state index in [1.807, 2.05) is 9.80 Å². The van der Waals surface area contributed by atoms with Gasteiger partial charge in [-0.15, -0.1) is 0 Å². The lowest BCUT2D eigenvalue weighted by atomic mass is 9.86. The number of hydrogen-bond acceptors (Lipinski definition) is 3. The lowest BCUT2D eigenvalue weighted by Gasteiger charge is -2.38. The van der Waals surface area contributed by atoms with E-state index in [1.165, 1.54) is 32.1 Å². The Morgan fingerprint density at radius 1 is 0.792 bits per heavy atom. The average Bonchev–Trinajstić information content (AvgIpc) is 2.63. The minimum absolute atomic E-state index is 0.115. The molecule has 2 saturated heterocycles. The molecule has 136 valence electrons. The molecular weight excluding hydrogens is 326 g/mol. The maximum Gasteiger partial charge on any atom is 0.225 e. The fourth-order valence-corrected chi connectivity index (χ4v) is 4.49. The van der Waals surface area contributed by atoms with E-state index in [0.717, 1.165) is 25.9 Å². The van der Waals surface area contributed by atoms with Crippen LogP contribution < -0.4 is 0 Å². The van der Waals surface area contributed by atoms with Crippen LogP contribution >= 0.6 is 11.8 Å². The van der Waals surface area contributed by atoms with E-state index in [1.54, 1.807) is 4.42 Å². The van der Waals surface area contributed by atoms with Crippen molar-refractivity contribution in [1.29, 1.82) is 0 Å². The predicted molar refractivity (Wildman–Crippen MR) is 94.5 cm³/mol. The van der Waals surface area contributed by atoms with Gasteiger partial charge in [-0.3, -0.25) is 9.59 Å². The van der Waals surface area contributed by atoms with Crippen LogP contribution in [0.2, 0.25) is 0 Å². The third-order valence-electron chi connectivity index (χ3n) is 5.92. The van der Waals surface area contributed by atoms with Crippen LogP contribution in [-0.4, -0.2) is 65.3 Å². The van der Waals surface area contributed by atoms with Gasteiger partial charge in [-0.2, -0.15) is 0 Å². The topological polar surface area (TPSA) is 43.9 Å².